The molecule has 0 bridgehead atoms. The van der Waals surface area contributed by atoms with Crippen LogP contribution in [-0.4, -0.2) is 50.3 Å². The van der Waals surface area contributed by atoms with Crippen molar-refractivity contribution < 1.29 is 19.0 Å². The molecule has 0 radical (unpaired) electrons. The van der Waals surface area contributed by atoms with Gasteiger partial charge in [-0.1, -0.05) is 0 Å². The Bertz CT molecular complexity index is 499. The molecule has 2 rings (SSSR count). The molecule has 21 heavy (non-hydrogen) atoms. The number of halogens is 1. The predicted molar refractivity (Wildman–Crippen MR) is 83.2 cm³/mol. The van der Waals surface area contributed by atoms with Crippen LogP contribution < -0.4 is 9.47 Å². The second kappa shape index (κ2) is 6.66. The topological polar surface area (TPSA) is 48.0 Å². The van der Waals surface area contributed by atoms with E-state index < -0.39 is 0 Å². The molecule has 1 saturated heterocycles. The minimum absolute atomic E-state index is 0.0388. The Hall–Kier alpha value is -1.27. The van der Waals surface area contributed by atoms with E-state index in [2.05, 4.69) is 15.9 Å². The lowest BCUT2D eigenvalue weighted by Gasteiger charge is -2.35. The Labute approximate surface area is 133 Å². The lowest BCUT2D eigenvalue weighted by Crippen LogP contribution is -2.48. The van der Waals surface area contributed by atoms with Crippen molar-refractivity contribution in [3.8, 4) is 11.5 Å². The van der Waals surface area contributed by atoms with Crippen LogP contribution in [0.15, 0.2) is 16.6 Å². The van der Waals surface area contributed by atoms with Gasteiger partial charge in [0.1, 0.15) is 16.0 Å². The van der Waals surface area contributed by atoms with Crippen molar-refractivity contribution in [2.24, 2.45) is 0 Å². The van der Waals surface area contributed by atoms with E-state index in [9.17, 15) is 4.79 Å². The second-order valence-corrected chi connectivity index (χ2v) is 5.96. The highest BCUT2D eigenvalue weighted by molar-refractivity contribution is 9.10. The van der Waals surface area contributed by atoms with Crippen LogP contribution >= 0.6 is 15.9 Å². The van der Waals surface area contributed by atoms with Gasteiger partial charge >= 0.3 is 0 Å². The number of hydrogen-bond donors (Lipinski definition) is 0. The van der Waals surface area contributed by atoms with E-state index >= 15 is 0 Å². The first-order valence-corrected chi connectivity index (χ1v) is 7.61. The van der Waals surface area contributed by atoms with E-state index in [1.165, 1.54) is 0 Å². The van der Waals surface area contributed by atoms with Crippen LogP contribution in [0.5, 0.6) is 11.5 Å². The third-order valence-electron chi connectivity index (χ3n) is 3.40. The lowest BCUT2D eigenvalue weighted by atomic mass is 10.1. The number of nitrogens with zero attached hydrogens (tertiary/aromatic N) is 1. The van der Waals surface area contributed by atoms with Gasteiger partial charge in [-0.15, -0.1) is 0 Å². The summed E-state index contributed by atoms with van der Waals surface area (Å²) in [4.78, 5) is 14.5. The molecule has 116 valence electrons. The van der Waals surface area contributed by atoms with Crippen molar-refractivity contribution in [2.45, 2.75) is 26.1 Å². The molecule has 1 amide bonds. The fourth-order valence-corrected chi connectivity index (χ4v) is 3.07. The summed E-state index contributed by atoms with van der Waals surface area (Å²) in [6.45, 7) is 5.12. The van der Waals surface area contributed by atoms with Crippen LogP contribution in [0.4, 0.5) is 0 Å². The summed E-state index contributed by atoms with van der Waals surface area (Å²) in [6.07, 6.45) is 0.0777. The molecule has 5 nitrogen and oxygen atoms in total. The Balaban J connectivity index is 2.30. The van der Waals surface area contributed by atoms with E-state index in [0.717, 1.165) is 0 Å². The maximum absolute atomic E-state index is 12.7. The maximum Gasteiger partial charge on any atom is 0.254 e. The van der Waals surface area contributed by atoms with Gasteiger partial charge in [-0.25, -0.2) is 0 Å². The summed E-state index contributed by atoms with van der Waals surface area (Å²) >= 11 is 3.41. The first-order valence-electron chi connectivity index (χ1n) is 6.82. The van der Waals surface area contributed by atoms with Gasteiger partial charge in [0.05, 0.1) is 26.4 Å². The van der Waals surface area contributed by atoms with E-state index in [4.69, 9.17) is 14.2 Å². The number of hydrogen-bond acceptors (Lipinski definition) is 4. The number of amides is 1. The highest BCUT2D eigenvalue weighted by Gasteiger charge is 2.27. The minimum Gasteiger partial charge on any atom is -0.495 e. The summed E-state index contributed by atoms with van der Waals surface area (Å²) in [5, 5.41) is 0. The average molecular weight is 358 g/mol. The number of methoxy groups -OCH3 is 2. The SMILES string of the molecule is COc1cc(C(=O)N2CC(C)OC(C)C2)cc(OC)c1Br. The summed E-state index contributed by atoms with van der Waals surface area (Å²) in [5.74, 6) is 1.11. The molecule has 1 heterocycles. The van der Waals surface area contributed by atoms with Gasteiger partial charge in [0, 0.05) is 18.7 Å². The molecule has 1 aromatic rings. The van der Waals surface area contributed by atoms with Crippen molar-refractivity contribution in [3.05, 3.63) is 22.2 Å². The zero-order chi connectivity index (χ0) is 15.6. The Morgan fingerprint density at radius 1 is 1.19 bits per heavy atom. The van der Waals surface area contributed by atoms with Gasteiger partial charge in [-0.05, 0) is 41.9 Å². The molecule has 2 unspecified atom stereocenters. The van der Waals surface area contributed by atoms with Gasteiger partial charge < -0.3 is 19.1 Å². The molecule has 0 aromatic heterocycles. The van der Waals surface area contributed by atoms with Crippen molar-refractivity contribution in [2.75, 3.05) is 27.3 Å². The molecule has 0 saturated carbocycles. The van der Waals surface area contributed by atoms with Gasteiger partial charge in [-0.3, -0.25) is 4.79 Å². The van der Waals surface area contributed by atoms with Crippen LogP contribution in [0.2, 0.25) is 0 Å². The standard InChI is InChI=1S/C15H20BrNO4/c1-9-7-17(8-10(2)21-9)15(18)11-5-12(19-3)14(16)13(6-11)20-4/h5-6,9-10H,7-8H2,1-4H3. The Morgan fingerprint density at radius 3 is 2.10 bits per heavy atom. The van der Waals surface area contributed by atoms with Crippen LogP contribution in [0.1, 0.15) is 24.2 Å². The van der Waals surface area contributed by atoms with E-state index in [0.29, 0.717) is 34.6 Å². The number of rotatable bonds is 3. The summed E-state index contributed by atoms with van der Waals surface area (Å²) in [7, 11) is 3.12. The molecule has 1 aromatic carbocycles. The number of ether oxygens (including phenoxy) is 3. The fourth-order valence-electron chi connectivity index (χ4n) is 2.52. The third kappa shape index (κ3) is 3.49. The molecule has 6 heteroatoms. The van der Waals surface area contributed by atoms with Gasteiger partial charge in [0.25, 0.3) is 5.91 Å². The quantitative estimate of drug-likeness (QED) is 0.834. The van der Waals surface area contributed by atoms with Crippen LogP contribution in [-0.2, 0) is 4.74 Å². The number of benzene rings is 1. The molecule has 0 spiro atoms. The van der Waals surface area contributed by atoms with E-state index in [1.54, 1.807) is 31.3 Å². The normalized spacial score (nSPS) is 22.0. The molecular formula is C15H20BrNO4. The van der Waals surface area contributed by atoms with Crippen LogP contribution in [0.25, 0.3) is 0 Å². The highest BCUT2D eigenvalue weighted by Crippen LogP contribution is 2.36. The smallest absolute Gasteiger partial charge is 0.254 e. The second-order valence-electron chi connectivity index (χ2n) is 5.16. The number of carbonyl (C=O) groups excluding carboxylic acids is 1. The fraction of sp³-hybridized carbons (Fsp3) is 0.533. The van der Waals surface area contributed by atoms with Gasteiger partial charge in [0.2, 0.25) is 0 Å². The molecule has 0 N–H and O–H groups in total. The molecule has 2 atom stereocenters. The maximum atomic E-state index is 12.7. The highest BCUT2D eigenvalue weighted by atomic mass is 79.9. The third-order valence-corrected chi connectivity index (χ3v) is 4.18. The summed E-state index contributed by atoms with van der Waals surface area (Å²) in [5.41, 5.74) is 0.549. The van der Waals surface area contributed by atoms with Crippen LogP contribution in [0, 0.1) is 0 Å². The Kier molecular flexibility index (Phi) is 5.11. The number of carbonyl (C=O) groups is 1. The van der Waals surface area contributed by atoms with E-state index in [1.807, 2.05) is 13.8 Å². The molecule has 1 aliphatic heterocycles. The van der Waals surface area contributed by atoms with Crippen molar-refractivity contribution in [3.63, 3.8) is 0 Å². The molecule has 1 aliphatic rings. The zero-order valence-electron chi connectivity index (χ0n) is 12.7. The largest absolute Gasteiger partial charge is 0.495 e. The van der Waals surface area contributed by atoms with Crippen molar-refractivity contribution in [1.82, 2.24) is 4.90 Å². The summed E-state index contributed by atoms with van der Waals surface area (Å²) < 4.78 is 16.9. The van der Waals surface area contributed by atoms with E-state index in [-0.39, 0.29) is 18.1 Å². The zero-order valence-corrected chi connectivity index (χ0v) is 14.3. The van der Waals surface area contributed by atoms with Crippen LogP contribution in [0.3, 0.4) is 0 Å². The number of morpholine rings is 1. The van der Waals surface area contributed by atoms with Gasteiger partial charge in [0.15, 0.2) is 0 Å². The average Bonchev–Trinajstić information content (AvgIpc) is 2.45. The predicted octanol–water partition coefficient (Wildman–Crippen LogP) is 2.72. The monoisotopic (exact) mass is 357 g/mol. The lowest BCUT2D eigenvalue weighted by molar-refractivity contribution is -0.0586. The first-order chi connectivity index (χ1) is 9.96. The first kappa shape index (κ1) is 16.1. The van der Waals surface area contributed by atoms with Gasteiger partial charge in [-0.2, -0.15) is 0 Å². The minimum atomic E-state index is -0.0406. The molecule has 0 aliphatic carbocycles. The molecular weight excluding hydrogens is 338 g/mol. The Morgan fingerprint density at radius 2 is 1.67 bits per heavy atom. The van der Waals surface area contributed by atoms with Crippen molar-refractivity contribution in [1.29, 1.82) is 0 Å². The molecule has 1 fully saturated rings. The van der Waals surface area contributed by atoms with Crippen molar-refractivity contribution >= 4 is 21.8 Å². The summed E-state index contributed by atoms with van der Waals surface area (Å²) in [6, 6.07) is 3.44.